The van der Waals surface area contributed by atoms with Gasteiger partial charge in [-0.3, -0.25) is 10.2 Å². The molecule has 0 aliphatic rings. The third kappa shape index (κ3) is 3.15. The first-order valence-corrected chi connectivity index (χ1v) is 6.40. The summed E-state index contributed by atoms with van der Waals surface area (Å²) in [4.78, 5) is 15.7. The van der Waals surface area contributed by atoms with Gasteiger partial charge >= 0.3 is 0 Å². The van der Waals surface area contributed by atoms with E-state index in [1.807, 2.05) is 19.9 Å². The van der Waals surface area contributed by atoms with Gasteiger partial charge in [0.15, 0.2) is 0 Å². The van der Waals surface area contributed by atoms with Gasteiger partial charge in [-0.25, -0.2) is 5.84 Å². The Bertz CT molecular complexity index is 624. The zero-order chi connectivity index (χ0) is 14.8. The highest BCUT2D eigenvalue weighted by molar-refractivity contribution is 6.30. The van der Waals surface area contributed by atoms with Crippen molar-refractivity contribution in [2.24, 2.45) is 5.84 Å². The van der Waals surface area contributed by atoms with Crippen LogP contribution < -0.4 is 11.3 Å². The molecule has 0 bridgehead atoms. The van der Waals surface area contributed by atoms with Crippen molar-refractivity contribution in [1.29, 1.82) is 0 Å². The van der Waals surface area contributed by atoms with Crippen LogP contribution in [0.3, 0.4) is 0 Å². The molecule has 0 fully saturated rings. The second-order valence-corrected chi connectivity index (χ2v) is 5.50. The quantitative estimate of drug-likeness (QED) is 0.511. The van der Waals surface area contributed by atoms with Crippen LogP contribution in [0.15, 0.2) is 28.8 Å². The predicted octanol–water partition coefficient (Wildman–Crippen LogP) is 2.05. The van der Waals surface area contributed by atoms with Crippen molar-refractivity contribution in [1.82, 2.24) is 15.6 Å². The fourth-order valence-electron chi connectivity index (χ4n) is 1.77. The number of hydrogen-bond acceptors (Lipinski definition) is 5. The average molecular weight is 295 g/mol. The van der Waals surface area contributed by atoms with Crippen LogP contribution in [-0.2, 0) is 10.2 Å². The maximum absolute atomic E-state index is 11.4. The summed E-state index contributed by atoms with van der Waals surface area (Å²) >= 11 is 5.93. The number of nitrogens with zero attached hydrogens (tertiary/aromatic N) is 2. The lowest BCUT2D eigenvalue weighted by atomic mass is 9.89. The number of nitrogens with one attached hydrogen (secondary N) is 1. The van der Waals surface area contributed by atoms with Crippen LogP contribution in [0.2, 0.25) is 5.02 Å². The molecule has 0 radical (unpaired) electrons. The predicted molar refractivity (Wildman–Crippen MR) is 74.7 cm³/mol. The Morgan fingerprint density at radius 2 is 2.25 bits per heavy atom. The lowest BCUT2D eigenvalue weighted by Crippen LogP contribution is -2.35. The molecule has 6 nitrogen and oxygen atoms in total. The molecule has 2 aromatic rings. The van der Waals surface area contributed by atoms with Crippen LogP contribution >= 0.6 is 11.6 Å². The topological polar surface area (TPSA) is 94.0 Å². The third-order valence-corrected chi connectivity index (χ3v) is 3.09. The summed E-state index contributed by atoms with van der Waals surface area (Å²) in [6, 6.07) is 7.15. The Kier molecular flexibility index (Phi) is 4.06. The molecule has 1 aromatic carbocycles. The molecule has 3 N–H and O–H groups in total. The van der Waals surface area contributed by atoms with Crippen LogP contribution in [0.4, 0.5) is 0 Å². The number of hydrazine groups is 1. The SMILES string of the molecule is CC(C)(CC(=O)NN)c1nc(-c2cccc(Cl)c2)no1. The Labute approximate surface area is 121 Å². The van der Waals surface area contributed by atoms with E-state index in [1.54, 1.807) is 18.2 Å². The Hall–Kier alpha value is -1.92. The molecule has 1 amide bonds. The summed E-state index contributed by atoms with van der Waals surface area (Å²) in [6.45, 7) is 3.66. The molecule has 2 rings (SSSR count). The van der Waals surface area contributed by atoms with Gasteiger partial charge in [-0.1, -0.05) is 42.7 Å². The molecule has 7 heteroatoms. The third-order valence-electron chi connectivity index (χ3n) is 2.85. The fourth-order valence-corrected chi connectivity index (χ4v) is 1.96. The van der Waals surface area contributed by atoms with E-state index in [2.05, 4.69) is 15.6 Å². The van der Waals surface area contributed by atoms with Crippen molar-refractivity contribution < 1.29 is 9.32 Å². The highest BCUT2D eigenvalue weighted by Gasteiger charge is 2.30. The van der Waals surface area contributed by atoms with Crippen LogP contribution in [0.5, 0.6) is 0 Å². The first kappa shape index (κ1) is 14.5. The van der Waals surface area contributed by atoms with Gasteiger partial charge in [0, 0.05) is 17.0 Å². The van der Waals surface area contributed by atoms with Crippen molar-refractivity contribution >= 4 is 17.5 Å². The average Bonchev–Trinajstić information content (AvgIpc) is 2.88. The van der Waals surface area contributed by atoms with Gasteiger partial charge in [-0.05, 0) is 12.1 Å². The van der Waals surface area contributed by atoms with Crippen LogP contribution in [0.25, 0.3) is 11.4 Å². The Morgan fingerprint density at radius 1 is 1.50 bits per heavy atom. The molecule has 0 unspecified atom stereocenters. The Balaban J connectivity index is 2.26. The van der Waals surface area contributed by atoms with Gasteiger partial charge in [0.1, 0.15) is 0 Å². The normalized spacial score (nSPS) is 11.4. The highest BCUT2D eigenvalue weighted by atomic mass is 35.5. The van der Waals surface area contributed by atoms with Gasteiger partial charge < -0.3 is 4.52 Å². The van der Waals surface area contributed by atoms with E-state index in [-0.39, 0.29) is 12.3 Å². The minimum atomic E-state index is -0.604. The molecule has 0 atom stereocenters. The number of halogens is 1. The summed E-state index contributed by atoms with van der Waals surface area (Å²) in [5, 5.41) is 4.51. The van der Waals surface area contributed by atoms with Gasteiger partial charge in [0.05, 0.1) is 5.41 Å². The maximum Gasteiger partial charge on any atom is 0.234 e. The number of benzene rings is 1. The molecule has 0 saturated carbocycles. The molecule has 20 heavy (non-hydrogen) atoms. The lowest BCUT2D eigenvalue weighted by Gasteiger charge is -2.17. The van der Waals surface area contributed by atoms with E-state index in [0.29, 0.717) is 16.7 Å². The molecule has 0 saturated heterocycles. The van der Waals surface area contributed by atoms with Crippen LogP contribution in [0, 0.1) is 0 Å². The van der Waals surface area contributed by atoms with Crippen molar-refractivity contribution in [3.63, 3.8) is 0 Å². The molecule has 1 heterocycles. The molecule has 1 aromatic heterocycles. The number of nitrogens with two attached hydrogens (primary N) is 1. The fraction of sp³-hybridized carbons (Fsp3) is 0.308. The largest absolute Gasteiger partial charge is 0.338 e. The number of aromatic nitrogens is 2. The standard InChI is InChI=1S/C13H15ClN4O2/c1-13(2,7-10(19)17-15)12-16-11(18-20-12)8-4-3-5-9(14)6-8/h3-6H,7,15H2,1-2H3,(H,17,19). The zero-order valence-electron chi connectivity index (χ0n) is 11.2. The number of amides is 1. The van der Waals surface area contributed by atoms with Crippen molar-refractivity contribution in [2.45, 2.75) is 25.7 Å². The maximum atomic E-state index is 11.4. The lowest BCUT2D eigenvalue weighted by molar-refractivity contribution is -0.122. The molecule has 0 aliphatic carbocycles. The van der Waals surface area contributed by atoms with Gasteiger partial charge in [-0.2, -0.15) is 4.98 Å². The minimum absolute atomic E-state index is 0.153. The second-order valence-electron chi connectivity index (χ2n) is 5.06. The molecule has 106 valence electrons. The monoisotopic (exact) mass is 294 g/mol. The van der Waals surface area contributed by atoms with Crippen LogP contribution in [0.1, 0.15) is 26.2 Å². The summed E-state index contributed by atoms with van der Waals surface area (Å²) in [5.41, 5.74) is 2.24. The molecular weight excluding hydrogens is 280 g/mol. The van der Waals surface area contributed by atoms with E-state index in [9.17, 15) is 4.79 Å². The number of rotatable bonds is 4. The smallest absolute Gasteiger partial charge is 0.234 e. The molecule has 0 spiro atoms. The number of carbonyl (C=O) groups is 1. The van der Waals surface area contributed by atoms with Gasteiger partial charge in [0.2, 0.25) is 17.6 Å². The minimum Gasteiger partial charge on any atom is -0.338 e. The summed E-state index contributed by atoms with van der Waals surface area (Å²) < 4.78 is 5.24. The molecular formula is C13H15ClN4O2. The Morgan fingerprint density at radius 3 is 2.90 bits per heavy atom. The highest BCUT2D eigenvalue weighted by Crippen LogP contribution is 2.28. The number of carbonyl (C=O) groups excluding carboxylic acids is 1. The van der Waals surface area contributed by atoms with E-state index in [0.717, 1.165) is 5.56 Å². The molecule has 0 aliphatic heterocycles. The summed E-state index contributed by atoms with van der Waals surface area (Å²) in [7, 11) is 0. The van der Waals surface area contributed by atoms with Crippen molar-refractivity contribution in [3.8, 4) is 11.4 Å². The van der Waals surface area contributed by atoms with E-state index in [4.69, 9.17) is 22.0 Å². The zero-order valence-corrected chi connectivity index (χ0v) is 11.9. The first-order valence-electron chi connectivity index (χ1n) is 6.02. The van der Waals surface area contributed by atoms with Crippen LogP contribution in [-0.4, -0.2) is 16.0 Å². The van der Waals surface area contributed by atoms with E-state index < -0.39 is 5.41 Å². The number of hydrogen-bond donors (Lipinski definition) is 2. The summed E-state index contributed by atoms with van der Waals surface area (Å²) in [5.74, 6) is 5.60. The first-order chi connectivity index (χ1) is 9.42. The van der Waals surface area contributed by atoms with Crippen molar-refractivity contribution in [2.75, 3.05) is 0 Å². The van der Waals surface area contributed by atoms with Crippen molar-refractivity contribution in [3.05, 3.63) is 35.2 Å². The van der Waals surface area contributed by atoms with E-state index >= 15 is 0 Å². The summed E-state index contributed by atoms with van der Waals surface area (Å²) in [6.07, 6.45) is 0.153. The van der Waals surface area contributed by atoms with Gasteiger partial charge in [-0.15, -0.1) is 0 Å². The van der Waals surface area contributed by atoms with Gasteiger partial charge in [0.25, 0.3) is 0 Å². The van der Waals surface area contributed by atoms with E-state index in [1.165, 1.54) is 0 Å². The second kappa shape index (κ2) is 5.60.